The molecule has 1 amide bonds. The van der Waals surface area contributed by atoms with Gasteiger partial charge < -0.3 is 14.8 Å². The van der Waals surface area contributed by atoms with Crippen LogP contribution in [-0.4, -0.2) is 49.3 Å². The van der Waals surface area contributed by atoms with Gasteiger partial charge in [-0.3, -0.25) is 9.69 Å². The molecule has 7 heteroatoms. The first kappa shape index (κ1) is 23.5. The Balaban J connectivity index is 1.23. The Kier molecular flexibility index (Phi) is 8.20. The van der Waals surface area contributed by atoms with Crippen molar-refractivity contribution in [3.63, 3.8) is 0 Å². The zero-order valence-corrected chi connectivity index (χ0v) is 19.7. The van der Waals surface area contributed by atoms with Crippen LogP contribution in [0.5, 0.6) is 11.5 Å². The predicted octanol–water partition coefficient (Wildman–Crippen LogP) is 3.17. The van der Waals surface area contributed by atoms with Crippen LogP contribution in [0.4, 0.5) is 0 Å². The average molecular weight is 453 g/mol. The normalized spacial score (nSPS) is 21.6. The third kappa shape index (κ3) is 6.25. The van der Waals surface area contributed by atoms with Crippen LogP contribution in [0.3, 0.4) is 0 Å². The highest BCUT2D eigenvalue weighted by Gasteiger charge is 2.32. The van der Waals surface area contributed by atoms with E-state index in [1.54, 1.807) is 0 Å². The number of nitrogens with one attached hydrogen (secondary N) is 3. The van der Waals surface area contributed by atoms with Crippen LogP contribution in [0.1, 0.15) is 50.3 Å². The number of likely N-dealkylation sites (tertiary alicyclic amines) is 1. The molecule has 2 saturated heterocycles. The van der Waals surface area contributed by atoms with Crippen LogP contribution in [0.15, 0.2) is 48.5 Å². The van der Waals surface area contributed by atoms with E-state index in [1.165, 1.54) is 5.56 Å². The van der Waals surface area contributed by atoms with E-state index in [1.807, 2.05) is 32.0 Å². The van der Waals surface area contributed by atoms with Crippen molar-refractivity contribution >= 4 is 5.91 Å². The summed E-state index contributed by atoms with van der Waals surface area (Å²) in [7, 11) is 0. The van der Waals surface area contributed by atoms with Crippen molar-refractivity contribution in [3.8, 4) is 11.5 Å². The molecule has 0 aromatic heterocycles. The number of benzene rings is 2. The van der Waals surface area contributed by atoms with E-state index in [9.17, 15) is 4.79 Å². The van der Waals surface area contributed by atoms with Gasteiger partial charge in [-0.2, -0.15) is 0 Å². The molecule has 0 saturated carbocycles. The standard InChI is InChI=1S/C26H36N4O3/c1-3-32-23-11-10-19(16-24(23)33-4-2)17-26(31)27-21-12-14-30(15-13-21)25-18-22(28-29-25)20-8-6-5-7-9-20/h5-11,16,21-22,25,28-29H,3-4,12-15,17-18H2,1-2H3,(H,27,31). The minimum Gasteiger partial charge on any atom is -0.490 e. The number of hydrogen-bond acceptors (Lipinski definition) is 6. The van der Waals surface area contributed by atoms with Gasteiger partial charge in [0, 0.05) is 25.2 Å². The molecule has 2 aliphatic rings. The second-order valence-corrected chi connectivity index (χ2v) is 8.71. The summed E-state index contributed by atoms with van der Waals surface area (Å²) in [6, 6.07) is 16.9. The van der Waals surface area contributed by atoms with Gasteiger partial charge in [0.05, 0.1) is 25.8 Å². The fraction of sp³-hybridized carbons (Fsp3) is 0.500. The SMILES string of the molecule is CCOc1ccc(CC(=O)NC2CCN(C3CC(c4ccccc4)NN3)CC2)cc1OCC. The second-order valence-electron chi connectivity index (χ2n) is 8.71. The number of carbonyl (C=O) groups is 1. The zero-order chi connectivity index (χ0) is 23.0. The largest absolute Gasteiger partial charge is 0.490 e. The Bertz CT molecular complexity index is 900. The number of amides is 1. The van der Waals surface area contributed by atoms with Crippen molar-refractivity contribution in [1.29, 1.82) is 0 Å². The van der Waals surface area contributed by atoms with Crippen LogP contribution in [0.2, 0.25) is 0 Å². The molecule has 2 heterocycles. The molecule has 0 radical (unpaired) electrons. The van der Waals surface area contributed by atoms with E-state index in [-0.39, 0.29) is 11.9 Å². The van der Waals surface area contributed by atoms with Crippen molar-refractivity contribution in [2.24, 2.45) is 0 Å². The molecule has 33 heavy (non-hydrogen) atoms. The summed E-state index contributed by atoms with van der Waals surface area (Å²) >= 11 is 0. The van der Waals surface area contributed by atoms with Crippen LogP contribution >= 0.6 is 0 Å². The number of nitrogens with zero attached hydrogens (tertiary/aromatic N) is 1. The molecule has 2 atom stereocenters. The van der Waals surface area contributed by atoms with E-state index in [0.717, 1.165) is 43.7 Å². The maximum Gasteiger partial charge on any atom is 0.224 e. The Labute approximate surface area is 196 Å². The molecule has 0 aliphatic carbocycles. The highest BCUT2D eigenvalue weighted by molar-refractivity contribution is 5.79. The summed E-state index contributed by atoms with van der Waals surface area (Å²) in [6.45, 7) is 6.99. The Morgan fingerprint density at radius 2 is 1.73 bits per heavy atom. The highest BCUT2D eigenvalue weighted by Crippen LogP contribution is 2.29. The first-order valence-corrected chi connectivity index (χ1v) is 12.1. The number of ether oxygens (including phenoxy) is 2. The summed E-state index contributed by atoms with van der Waals surface area (Å²) in [5.41, 5.74) is 9.15. The Hall–Kier alpha value is -2.61. The fourth-order valence-corrected chi connectivity index (χ4v) is 4.71. The van der Waals surface area contributed by atoms with Crippen molar-refractivity contribution in [2.45, 2.75) is 57.8 Å². The monoisotopic (exact) mass is 452 g/mol. The first-order valence-electron chi connectivity index (χ1n) is 12.1. The summed E-state index contributed by atoms with van der Waals surface area (Å²) in [4.78, 5) is 15.2. The maximum absolute atomic E-state index is 12.7. The molecule has 0 spiro atoms. The van der Waals surface area contributed by atoms with Gasteiger partial charge in [-0.1, -0.05) is 36.4 Å². The Morgan fingerprint density at radius 3 is 2.45 bits per heavy atom. The zero-order valence-electron chi connectivity index (χ0n) is 19.7. The van der Waals surface area contributed by atoms with Crippen molar-refractivity contribution in [2.75, 3.05) is 26.3 Å². The average Bonchev–Trinajstić information content (AvgIpc) is 3.32. The van der Waals surface area contributed by atoms with E-state index < -0.39 is 0 Å². The van der Waals surface area contributed by atoms with Crippen molar-refractivity contribution in [3.05, 3.63) is 59.7 Å². The highest BCUT2D eigenvalue weighted by atomic mass is 16.5. The summed E-state index contributed by atoms with van der Waals surface area (Å²) < 4.78 is 11.3. The minimum absolute atomic E-state index is 0.0601. The lowest BCUT2D eigenvalue weighted by atomic mass is 10.0. The van der Waals surface area contributed by atoms with Gasteiger partial charge in [0.1, 0.15) is 0 Å². The molecule has 2 fully saturated rings. The number of hydrazine groups is 1. The minimum atomic E-state index is 0.0601. The molecule has 0 bridgehead atoms. The molecule has 4 rings (SSSR count). The lowest BCUT2D eigenvalue weighted by molar-refractivity contribution is -0.121. The number of piperidine rings is 1. The molecule has 2 unspecified atom stereocenters. The third-order valence-corrected chi connectivity index (χ3v) is 6.39. The third-order valence-electron chi connectivity index (χ3n) is 6.39. The molecular weight excluding hydrogens is 416 g/mol. The van der Waals surface area contributed by atoms with Crippen molar-refractivity contribution < 1.29 is 14.3 Å². The smallest absolute Gasteiger partial charge is 0.224 e. The fourth-order valence-electron chi connectivity index (χ4n) is 4.71. The number of hydrogen-bond donors (Lipinski definition) is 3. The second kappa shape index (κ2) is 11.5. The van der Waals surface area contributed by atoms with Crippen molar-refractivity contribution in [1.82, 2.24) is 21.1 Å². The summed E-state index contributed by atoms with van der Waals surface area (Å²) in [5.74, 6) is 1.48. The molecular formula is C26H36N4O3. The maximum atomic E-state index is 12.7. The van der Waals surface area contributed by atoms with Gasteiger partial charge in [0.15, 0.2) is 11.5 Å². The molecule has 3 N–H and O–H groups in total. The summed E-state index contributed by atoms with van der Waals surface area (Å²) in [6.07, 6.45) is 3.65. The molecule has 2 aromatic carbocycles. The van der Waals surface area contributed by atoms with Crippen LogP contribution in [0, 0.1) is 0 Å². The molecule has 7 nitrogen and oxygen atoms in total. The lowest BCUT2D eigenvalue weighted by Gasteiger charge is -2.35. The van der Waals surface area contributed by atoms with E-state index in [4.69, 9.17) is 9.47 Å². The van der Waals surface area contributed by atoms with Gasteiger partial charge >= 0.3 is 0 Å². The molecule has 2 aromatic rings. The van der Waals surface area contributed by atoms with Gasteiger partial charge in [0.25, 0.3) is 0 Å². The number of rotatable bonds is 9. The van der Waals surface area contributed by atoms with Gasteiger partial charge in [0.2, 0.25) is 5.91 Å². The number of carbonyl (C=O) groups excluding carboxylic acids is 1. The van der Waals surface area contributed by atoms with E-state index >= 15 is 0 Å². The van der Waals surface area contributed by atoms with Crippen LogP contribution in [-0.2, 0) is 11.2 Å². The van der Waals surface area contributed by atoms with Crippen LogP contribution in [0.25, 0.3) is 0 Å². The lowest BCUT2D eigenvalue weighted by Crippen LogP contribution is -2.51. The first-order chi connectivity index (χ1) is 16.2. The Morgan fingerprint density at radius 1 is 1.00 bits per heavy atom. The summed E-state index contributed by atoms with van der Waals surface area (Å²) in [5, 5.41) is 3.23. The van der Waals surface area contributed by atoms with Crippen LogP contribution < -0.4 is 25.6 Å². The van der Waals surface area contributed by atoms with Gasteiger partial charge in [-0.05, 0) is 56.4 Å². The predicted molar refractivity (Wildman–Crippen MR) is 129 cm³/mol. The molecule has 178 valence electrons. The quantitative estimate of drug-likeness (QED) is 0.543. The van der Waals surface area contributed by atoms with E-state index in [0.29, 0.717) is 37.6 Å². The topological polar surface area (TPSA) is 74.9 Å². The van der Waals surface area contributed by atoms with E-state index in [2.05, 4.69) is 51.4 Å². The molecule has 2 aliphatic heterocycles. The van der Waals surface area contributed by atoms with Gasteiger partial charge in [-0.15, -0.1) is 0 Å². The van der Waals surface area contributed by atoms with Gasteiger partial charge in [-0.25, -0.2) is 10.9 Å².